The second-order valence-electron chi connectivity index (χ2n) is 19.6. The van der Waals surface area contributed by atoms with E-state index in [1.165, 1.54) is 43.1 Å². The monoisotopic (exact) mass is 944 g/mol. The molecule has 6 nitrogen and oxygen atoms in total. The summed E-state index contributed by atoms with van der Waals surface area (Å²) in [6.45, 7) is 0. The van der Waals surface area contributed by atoms with Crippen molar-refractivity contribution in [1.29, 1.82) is 0 Å². The van der Waals surface area contributed by atoms with E-state index in [1.807, 2.05) is 12.1 Å². The van der Waals surface area contributed by atoms with Crippen molar-refractivity contribution >= 4 is 154 Å². The zero-order valence-electron chi connectivity index (χ0n) is 39.7. The fourth-order valence-corrected chi connectivity index (χ4v) is 12.6. The van der Waals surface area contributed by atoms with Gasteiger partial charge in [0.2, 0.25) is 0 Å². The van der Waals surface area contributed by atoms with E-state index < -0.39 is 0 Å². The van der Waals surface area contributed by atoms with Crippen molar-refractivity contribution in [3.8, 4) is 0 Å². The zero-order chi connectivity index (χ0) is 48.2. The van der Waals surface area contributed by atoms with Crippen LogP contribution in [0.5, 0.6) is 0 Å². The first-order valence-corrected chi connectivity index (χ1v) is 25.2. The predicted octanol–water partition coefficient (Wildman–Crippen LogP) is 19.3. The smallest absolute Gasteiger partial charge is 0.135 e. The summed E-state index contributed by atoms with van der Waals surface area (Å²) in [5.74, 6) is 0. The lowest BCUT2D eigenvalue weighted by Crippen LogP contribution is -2.11. The average Bonchev–Trinajstić information content (AvgIpc) is 4.30. The lowest BCUT2D eigenvalue weighted by Gasteiger charge is -2.28. The normalized spacial score (nSPS) is 12.3. The molecule has 5 aromatic heterocycles. The summed E-state index contributed by atoms with van der Waals surface area (Å²) in [5, 5.41) is 13.8. The van der Waals surface area contributed by atoms with Gasteiger partial charge in [0.1, 0.15) is 22.3 Å². The fourth-order valence-electron chi connectivity index (χ4n) is 12.6. The quantitative estimate of drug-likeness (QED) is 0.156. The molecule has 17 rings (SSSR count). The van der Waals surface area contributed by atoms with Crippen molar-refractivity contribution in [2.75, 3.05) is 9.80 Å². The molecule has 0 spiro atoms. The summed E-state index contributed by atoms with van der Waals surface area (Å²) in [5.41, 5.74) is 16.9. The molecule has 0 amide bonds. The Hall–Kier alpha value is -10.0. The van der Waals surface area contributed by atoms with E-state index >= 15 is 0 Å². The molecule has 0 fully saturated rings. The van der Waals surface area contributed by atoms with Crippen molar-refractivity contribution in [2.45, 2.75) is 0 Å². The van der Waals surface area contributed by atoms with Gasteiger partial charge in [-0.1, -0.05) is 140 Å². The Balaban J connectivity index is 0.986. The highest BCUT2D eigenvalue weighted by Gasteiger charge is 2.29. The first kappa shape index (κ1) is 39.7. The average molecular weight is 945 g/mol. The lowest BCUT2D eigenvalue weighted by atomic mass is 10.0. The number of aromatic nitrogens is 2. The van der Waals surface area contributed by atoms with E-state index in [-0.39, 0.29) is 0 Å². The molecule has 6 heteroatoms. The summed E-state index contributed by atoms with van der Waals surface area (Å²) in [4.78, 5) is 4.93. The number of hydrogen-bond acceptors (Lipinski definition) is 4. The molecule has 5 heterocycles. The topological polar surface area (TPSA) is 41.6 Å². The number of furan rings is 2. The number of fused-ring (bicyclic) bond motifs is 16. The largest absolute Gasteiger partial charge is 0.456 e. The molecule has 0 unspecified atom stereocenters. The molecule has 74 heavy (non-hydrogen) atoms. The number of rotatable bonds is 6. The molecule has 0 saturated heterocycles. The van der Waals surface area contributed by atoms with Gasteiger partial charge in [-0.25, -0.2) is 0 Å². The number of para-hydroxylation sites is 4. The van der Waals surface area contributed by atoms with Gasteiger partial charge in [-0.3, -0.25) is 0 Å². The van der Waals surface area contributed by atoms with Crippen LogP contribution in [0.2, 0.25) is 0 Å². The standard InChI is InChI=1S/C68H40N4O2/c1-2-16-43-38-44(29-28-41(43)14-1)69(45-30-36-63-52(39-45)48-19-7-11-26-61(48)73-63)57-32-34-59-67-65(57)50-21-5-9-23-55(50)71(67)60-35-33-58(66-51-22-6-10-24-56(51)72(59)68(60)66)70(54-25-13-17-42-15-3-4-18-47(42)54)46-31-37-64-53(40-46)49-20-8-12-27-62(49)74-64/h1-40H. The minimum Gasteiger partial charge on any atom is -0.456 e. The Kier molecular flexibility index (Phi) is 7.91. The first-order chi connectivity index (χ1) is 36.7. The third kappa shape index (κ3) is 5.38. The van der Waals surface area contributed by atoms with Crippen LogP contribution in [0.25, 0.3) is 120 Å². The molecule has 12 aromatic carbocycles. The molecular formula is C68H40N4O2. The maximum Gasteiger partial charge on any atom is 0.135 e. The summed E-state index contributed by atoms with van der Waals surface area (Å²) in [7, 11) is 0. The van der Waals surface area contributed by atoms with E-state index in [1.54, 1.807) is 0 Å². The molecule has 0 N–H and O–H groups in total. The van der Waals surface area contributed by atoms with E-state index in [9.17, 15) is 0 Å². The Morgan fingerprint density at radius 3 is 1.32 bits per heavy atom. The molecule has 344 valence electrons. The van der Waals surface area contributed by atoms with Gasteiger partial charge in [0.25, 0.3) is 0 Å². The highest BCUT2D eigenvalue weighted by molar-refractivity contribution is 6.28. The molecule has 0 aliphatic heterocycles. The zero-order valence-corrected chi connectivity index (χ0v) is 39.7. The van der Waals surface area contributed by atoms with E-state index in [0.717, 1.165) is 111 Å². The SMILES string of the molecule is c1ccc2cc(N(c3ccc4oc5ccccc5c4c3)c3ccc4c5c3c3ccccc3n5c3ccc(N(c5ccc6oc7ccccc7c6c5)c5cccc6ccccc56)c5c6ccccc6n4c53)ccc2c1. The van der Waals surface area contributed by atoms with Crippen LogP contribution in [-0.4, -0.2) is 8.80 Å². The van der Waals surface area contributed by atoms with Crippen LogP contribution in [-0.2, 0) is 0 Å². The molecular weight excluding hydrogens is 905 g/mol. The maximum absolute atomic E-state index is 6.41. The third-order valence-electron chi connectivity index (χ3n) is 15.7. The first-order valence-electron chi connectivity index (χ1n) is 25.2. The number of anilines is 6. The van der Waals surface area contributed by atoms with Gasteiger partial charge in [0.15, 0.2) is 0 Å². The van der Waals surface area contributed by atoms with Gasteiger partial charge in [0.05, 0.1) is 50.2 Å². The van der Waals surface area contributed by atoms with Crippen LogP contribution in [0.15, 0.2) is 251 Å². The molecule has 0 radical (unpaired) electrons. The van der Waals surface area contributed by atoms with Crippen LogP contribution in [0.1, 0.15) is 0 Å². The molecule has 0 saturated carbocycles. The van der Waals surface area contributed by atoms with E-state index in [2.05, 4.69) is 249 Å². The van der Waals surface area contributed by atoms with Gasteiger partial charge < -0.3 is 27.4 Å². The van der Waals surface area contributed by atoms with Crippen LogP contribution in [0.3, 0.4) is 0 Å². The number of benzene rings is 12. The van der Waals surface area contributed by atoms with Crippen molar-refractivity contribution < 1.29 is 8.83 Å². The Bertz CT molecular complexity index is 5180. The van der Waals surface area contributed by atoms with Crippen LogP contribution in [0.4, 0.5) is 34.1 Å². The predicted molar refractivity (Wildman–Crippen MR) is 308 cm³/mol. The third-order valence-corrected chi connectivity index (χ3v) is 15.7. The molecule has 0 aliphatic rings. The molecule has 0 aliphatic carbocycles. The fraction of sp³-hybridized carbons (Fsp3) is 0. The minimum atomic E-state index is 0.869. The van der Waals surface area contributed by atoms with Crippen molar-refractivity contribution in [3.63, 3.8) is 0 Å². The Morgan fingerprint density at radius 1 is 0.257 bits per heavy atom. The van der Waals surface area contributed by atoms with Crippen LogP contribution >= 0.6 is 0 Å². The van der Waals surface area contributed by atoms with Crippen LogP contribution in [0, 0.1) is 0 Å². The summed E-state index contributed by atoms with van der Waals surface area (Å²) in [6.07, 6.45) is 0. The second-order valence-corrected chi connectivity index (χ2v) is 19.6. The second kappa shape index (κ2) is 14.8. The van der Waals surface area contributed by atoms with Crippen molar-refractivity contribution in [1.82, 2.24) is 8.80 Å². The molecule has 0 bridgehead atoms. The van der Waals surface area contributed by atoms with E-state index in [0.29, 0.717) is 0 Å². The summed E-state index contributed by atoms with van der Waals surface area (Å²) < 4.78 is 17.9. The van der Waals surface area contributed by atoms with Gasteiger partial charge >= 0.3 is 0 Å². The highest BCUT2D eigenvalue weighted by atomic mass is 16.3. The number of hydrogen-bond donors (Lipinski definition) is 0. The number of nitrogens with zero attached hydrogens (tertiary/aromatic N) is 4. The van der Waals surface area contributed by atoms with Gasteiger partial charge in [0, 0.05) is 65.5 Å². The summed E-state index contributed by atoms with van der Waals surface area (Å²) >= 11 is 0. The lowest BCUT2D eigenvalue weighted by molar-refractivity contribution is 0.668. The molecule has 17 aromatic rings. The van der Waals surface area contributed by atoms with Gasteiger partial charge in [-0.15, -0.1) is 0 Å². The van der Waals surface area contributed by atoms with Crippen molar-refractivity contribution in [2.24, 2.45) is 0 Å². The Morgan fingerprint density at radius 2 is 0.703 bits per heavy atom. The van der Waals surface area contributed by atoms with Gasteiger partial charge in [-0.05, 0) is 119 Å². The highest BCUT2D eigenvalue weighted by Crippen LogP contribution is 2.52. The van der Waals surface area contributed by atoms with Crippen LogP contribution < -0.4 is 9.80 Å². The van der Waals surface area contributed by atoms with Crippen molar-refractivity contribution in [3.05, 3.63) is 243 Å². The van der Waals surface area contributed by atoms with E-state index in [4.69, 9.17) is 8.83 Å². The Labute approximate surface area is 422 Å². The van der Waals surface area contributed by atoms with Gasteiger partial charge in [-0.2, -0.15) is 0 Å². The maximum atomic E-state index is 6.41. The minimum absolute atomic E-state index is 0.869. The summed E-state index contributed by atoms with van der Waals surface area (Å²) in [6, 6.07) is 88.1. The molecule has 0 atom stereocenters.